The maximum absolute atomic E-state index is 12.9. The predicted octanol–water partition coefficient (Wildman–Crippen LogP) is 4.50. The van der Waals surface area contributed by atoms with Crippen LogP contribution in [0.4, 0.5) is 18.9 Å². The molecule has 0 aliphatic carbocycles. The minimum Gasteiger partial charge on any atom is -0.503 e. The first kappa shape index (κ1) is 21.2. The summed E-state index contributed by atoms with van der Waals surface area (Å²) in [5, 5.41) is 0. The number of carbonyl (C=O) groups excluding carboxylic acids is 1. The molecule has 0 N–H and O–H groups in total. The van der Waals surface area contributed by atoms with Gasteiger partial charge in [-0.3, -0.25) is 0 Å². The monoisotopic (exact) mass is 421 g/mol. The van der Waals surface area contributed by atoms with Crippen molar-refractivity contribution in [2.75, 3.05) is 20.8 Å². The molecule has 0 atom stereocenters. The highest BCUT2D eigenvalue weighted by molar-refractivity contribution is 6.16. The van der Waals surface area contributed by atoms with Crippen LogP contribution in [0.25, 0.3) is 5.57 Å². The second kappa shape index (κ2) is 8.89. The van der Waals surface area contributed by atoms with E-state index < -0.39 is 17.7 Å². The van der Waals surface area contributed by atoms with Crippen LogP contribution in [0, 0.1) is 0 Å². The summed E-state index contributed by atoms with van der Waals surface area (Å²) in [4.78, 5) is 16.2. The van der Waals surface area contributed by atoms with Gasteiger partial charge in [-0.05, 0) is 29.3 Å². The van der Waals surface area contributed by atoms with E-state index in [0.29, 0.717) is 11.1 Å². The van der Waals surface area contributed by atoms with E-state index in [1.165, 1.54) is 26.5 Å². The van der Waals surface area contributed by atoms with E-state index in [1.807, 2.05) is 0 Å². The fraction of sp³-hybridized carbons (Fsp3) is 0.238. The molecule has 1 heterocycles. The van der Waals surface area contributed by atoms with Gasteiger partial charge in [0.2, 0.25) is 5.90 Å². The maximum Gasteiger partial charge on any atom is 0.416 e. The molecule has 0 bridgehead atoms. The zero-order chi connectivity index (χ0) is 21.7. The number of methoxy groups -OCH3 is 2. The Morgan fingerprint density at radius 1 is 1.20 bits per heavy atom. The summed E-state index contributed by atoms with van der Waals surface area (Å²) < 4.78 is 59.6. The Bertz CT molecular complexity index is 998. The fourth-order valence-electron chi connectivity index (χ4n) is 2.80. The molecule has 6 nitrogen and oxygen atoms in total. The zero-order valence-electron chi connectivity index (χ0n) is 16.2. The number of benzene rings is 2. The summed E-state index contributed by atoms with van der Waals surface area (Å²) in [6.07, 6.45) is -3.22. The van der Waals surface area contributed by atoms with Crippen LogP contribution >= 0.6 is 0 Å². The van der Waals surface area contributed by atoms with Gasteiger partial charge in [-0.25, -0.2) is 9.79 Å². The number of alkyl halides is 3. The summed E-state index contributed by atoms with van der Waals surface area (Å²) >= 11 is 0. The lowest BCUT2D eigenvalue weighted by Crippen LogP contribution is -2.19. The van der Waals surface area contributed by atoms with Crippen molar-refractivity contribution in [2.45, 2.75) is 12.8 Å². The average Bonchev–Trinajstić information content (AvgIpc) is 2.74. The Morgan fingerprint density at radius 2 is 1.97 bits per heavy atom. The topological polar surface area (TPSA) is 66.4 Å². The number of esters is 1. The lowest BCUT2D eigenvalue weighted by atomic mass is 10.0. The molecule has 1 aliphatic heterocycles. The van der Waals surface area contributed by atoms with Crippen LogP contribution in [0.1, 0.15) is 16.7 Å². The Kier molecular flexibility index (Phi) is 6.29. The van der Waals surface area contributed by atoms with Crippen molar-refractivity contribution in [1.29, 1.82) is 0 Å². The summed E-state index contributed by atoms with van der Waals surface area (Å²) in [5.41, 5.74) is 0.565. The zero-order valence-corrected chi connectivity index (χ0v) is 16.2. The van der Waals surface area contributed by atoms with Crippen molar-refractivity contribution in [3.8, 4) is 5.75 Å². The molecule has 0 radical (unpaired) electrons. The van der Waals surface area contributed by atoms with Crippen LogP contribution in [0.5, 0.6) is 5.75 Å². The molecule has 0 saturated carbocycles. The highest BCUT2D eigenvalue weighted by Crippen LogP contribution is 2.38. The summed E-state index contributed by atoms with van der Waals surface area (Å²) in [6.45, 7) is -0.0248. The number of nitrogens with zero attached hydrogens (tertiary/aromatic N) is 1. The van der Waals surface area contributed by atoms with E-state index in [0.717, 1.165) is 12.1 Å². The quantitative estimate of drug-likeness (QED) is 0.404. The smallest absolute Gasteiger partial charge is 0.416 e. The van der Waals surface area contributed by atoms with Crippen molar-refractivity contribution in [3.63, 3.8) is 0 Å². The number of hydrogen-bond donors (Lipinski definition) is 0. The molecular formula is C21H18F3NO5. The minimum absolute atomic E-state index is 0.00467. The predicted molar refractivity (Wildman–Crippen MR) is 102 cm³/mol. The molecule has 3 rings (SSSR count). The number of fused-ring (bicyclic) bond motifs is 1. The van der Waals surface area contributed by atoms with Crippen LogP contribution in [0.2, 0.25) is 0 Å². The van der Waals surface area contributed by atoms with Gasteiger partial charge >= 0.3 is 12.1 Å². The molecule has 30 heavy (non-hydrogen) atoms. The number of aliphatic imine (C=N–C) groups is 1. The van der Waals surface area contributed by atoms with E-state index in [9.17, 15) is 18.0 Å². The van der Waals surface area contributed by atoms with E-state index in [-0.39, 0.29) is 36.1 Å². The van der Waals surface area contributed by atoms with Crippen LogP contribution < -0.4 is 4.74 Å². The number of ether oxygens (including phenoxy) is 4. The summed E-state index contributed by atoms with van der Waals surface area (Å²) in [6, 6.07) is 10.0. The van der Waals surface area contributed by atoms with Gasteiger partial charge in [-0.15, -0.1) is 0 Å². The van der Waals surface area contributed by atoms with Crippen molar-refractivity contribution in [2.24, 2.45) is 4.99 Å². The first-order chi connectivity index (χ1) is 14.3. The van der Waals surface area contributed by atoms with Crippen LogP contribution in [-0.2, 0) is 31.8 Å². The number of rotatable bonds is 5. The van der Waals surface area contributed by atoms with Gasteiger partial charge in [-0.1, -0.05) is 24.3 Å². The van der Waals surface area contributed by atoms with Crippen molar-refractivity contribution in [1.82, 2.24) is 0 Å². The SMILES string of the molecule is COC=C(C(=O)OC)c1ccccc1COC1=Nc2cc(C(F)(F)F)ccc2OC1. The van der Waals surface area contributed by atoms with Crippen molar-refractivity contribution in [3.05, 3.63) is 65.4 Å². The van der Waals surface area contributed by atoms with Gasteiger partial charge < -0.3 is 18.9 Å². The summed E-state index contributed by atoms with van der Waals surface area (Å²) in [5.74, 6) is -0.227. The van der Waals surface area contributed by atoms with Gasteiger partial charge in [0, 0.05) is 0 Å². The van der Waals surface area contributed by atoms with Crippen LogP contribution in [-0.4, -0.2) is 32.7 Å². The maximum atomic E-state index is 12.9. The molecule has 158 valence electrons. The Balaban J connectivity index is 1.83. The number of halogens is 3. The Labute approximate surface area is 170 Å². The van der Waals surface area contributed by atoms with Gasteiger partial charge in [0.1, 0.15) is 23.6 Å². The second-order valence-electron chi connectivity index (χ2n) is 6.18. The molecule has 2 aromatic rings. The van der Waals surface area contributed by atoms with Crippen molar-refractivity contribution < 1.29 is 36.9 Å². The fourth-order valence-corrected chi connectivity index (χ4v) is 2.80. The molecule has 9 heteroatoms. The van der Waals surface area contributed by atoms with Crippen molar-refractivity contribution >= 4 is 23.1 Å². The standard InChI is InChI=1S/C21H18F3NO5/c1-27-11-16(20(26)28-2)15-6-4-3-5-13(15)10-30-19-12-29-18-8-7-14(21(22,23)24)9-17(18)25-19/h3-9,11H,10,12H2,1-2H3. The highest BCUT2D eigenvalue weighted by atomic mass is 19.4. The van der Waals surface area contributed by atoms with Gasteiger partial charge in [-0.2, -0.15) is 13.2 Å². The molecular weight excluding hydrogens is 403 g/mol. The third-order valence-electron chi connectivity index (χ3n) is 4.23. The molecule has 0 unspecified atom stereocenters. The van der Waals surface area contributed by atoms with Gasteiger partial charge in [0.15, 0.2) is 6.61 Å². The first-order valence-electron chi connectivity index (χ1n) is 8.77. The third kappa shape index (κ3) is 4.73. The molecule has 1 aliphatic rings. The normalized spacial score (nSPS) is 13.6. The molecule has 2 aromatic carbocycles. The van der Waals surface area contributed by atoms with E-state index in [1.54, 1.807) is 24.3 Å². The second-order valence-corrected chi connectivity index (χ2v) is 6.18. The molecule has 0 saturated heterocycles. The van der Waals surface area contributed by atoms with Gasteiger partial charge in [0.25, 0.3) is 0 Å². The molecule has 0 fully saturated rings. The van der Waals surface area contributed by atoms with Crippen LogP contribution in [0.3, 0.4) is 0 Å². The Morgan fingerprint density at radius 3 is 2.67 bits per heavy atom. The van der Waals surface area contributed by atoms with Crippen LogP contribution in [0.15, 0.2) is 53.7 Å². The first-order valence-corrected chi connectivity index (χ1v) is 8.77. The van der Waals surface area contributed by atoms with E-state index in [2.05, 4.69) is 4.99 Å². The third-order valence-corrected chi connectivity index (χ3v) is 4.23. The largest absolute Gasteiger partial charge is 0.503 e. The average molecular weight is 421 g/mol. The number of carbonyl (C=O) groups is 1. The van der Waals surface area contributed by atoms with E-state index in [4.69, 9.17) is 18.9 Å². The summed E-state index contributed by atoms with van der Waals surface area (Å²) in [7, 11) is 2.66. The molecule has 0 spiro atoms. The van der Waals surface area contributed by atoms with Gasteiger partial charge in [0.05, 0.1) is 26.0 Å². The Hall–Kier alpha value is -3.49. The number of hydrogen-bond acceptors (Lipinski definition) is 6. The lowest BCUT2D eigenvalue weighted by Gasteiger charge is -2.19. The van der Waals surface area contributed by atoms with E-state index >= 15 is 0 Å². The highest BCUT2D eigenvalue weighted by Gasteiger charge is 2.32. The minimum atomic E-state index is -4.49. The molecule has 0 aromatic heterocycles. The molecule has 0 amide bonds. The lowest BCUT2D eigenvalue weighted by molar-refractivity contribution is -0.137.